The third-order valence-electron chi connectivity index (χ3n) is 17.8. The Morgan fingerprint density at radius 3 is 1.20 bits per heavy atom. The first-order chi connectivity index (χ1) is 53.6. The van der Waals surface area contributed by atoms with Crippen LogP contribution in [0.1, 0.15) is 66.8 Å². The summed E-state index contributed by atoms with van der Waals surface area (Å²) in [6.07, 6.45) is 4.93. The quantitative estimate of drug-likeness (QED) is 0.0171. The van der Waals surface area contributed by atoms with E-state index < -0.39 is 40.5 Å². The summed E-state index contributed by atoms with van der Waals surface area (Å²) >= 11 is 4.44. The highest BCUT2D eigenvalue weighted by atomic mass is 32.1. The number of carbonyl (C=O) groups is 5. The molecule has 0 saturated heterocycles. The number of ether oxygens (including phenoxy) is 3. The molecule has 5 N–H and O–H groups in total. The van der Waals surface area contributed by atoms with Gasteiger partial charge < -0.3 is 44.3 Å². The summed E-state index contributed by atoms with van der Waals surface area (Å²) in [6, 6.07) is 20.1. The number of hydrogen-bond donors (Lipinski definition) is 4. The molecule has 12 heterocycles. The second-order valence-electron chi connectivity index (χ2n) is 28.8. The van der Waals surface area contributed by atoms with Crippen LogP contribution in [0.3, 0.4) is 0 Å². The van der Waals surface area contributed by atoms with Crippen LogP contribution in [-0.2, 0) is 112 Å². The minimum absolute atomic E-state index is 0. The van der Waals surface area contributed by atoms with Crippen molar-refractivity contribution in [1.82, 2.24) is 98.4 Å². The fraction of sp³-hybridized carbons (Fsp3) is 0.365. The van der Waals surface area contributed by atoms with Gasteiger partial charge in [0.2, 0.25) is 18.1 Å². The molecular formula is C74H88F3N21O11S3Si2. The van der Waals surface area contributed by atoms with Gasteiger partial charge in [0, 0.05) is 117 Å². The number of fused-ring (bicyclic) bond motifs is 12. The molecule has 0 radical (unpaired) electrons. The Balaban J connectivity index is 0.000000168. The Labute approximate surface area is 662 Å². The first-order valence-electron chi connectivity index (χ1n) is 35.5. The number of carbonyl (C=O) groups excluding carboxylic acids is 5. The highest BCUT2D eigenvalue weighted by Crippen LogP contribution is 2.34. The Morgan fingerprint density at radius 1 is 0.518 bits per heavy atom. The molecule has 0 saturated carbocycles. The SMILES string of the molecule is C.CC(=O)NCc1nc2c(s1)c1cnn(Cc3cccc4[nH]ncc34)c(=O)c1n2C.CC(=O)NCc1nc2c(s1)c1cnn(Cc3cccc4c3cnn4COCC[Si](C)(C)C)c(=O)c1n2C.CC(=O)OC(C)=O.Cn1c2nc(CN)sc2c2cnn(Cc3cccc4c3cnn4COCC[Si](C)(C)C)c(=O)c21.O=CC(F)(F)F. The van der Waals surface area contributed by atoms with Gasteiger partial charge in [0.05, 0.1) is 101 Å². The van der Waals surface area contributed by atoms with Gasteiger partial charge >= 0.3 is 18.1 Å². The molecule has 12 aromatic heterocycles. The number of aryl methyl sites for hydroxylation is 3. The van der Waals surface area contributed by atoms with Gasteiger partial charge in [0.1, 0.15) is 45.0 Å². The second kappa shape index (κ2) is 35.9. The van der Waals surface area contributed by atoms with E-state index in [1.807, 2.05) is 107 Å². The number of nitrogens with two attached hydrogens (primary N) is 1. The molecule has 2 amide bonds. The minimum Gasteiger partial charge on any atom is -0.394 e. The Kier molecular flexibility index (Phi) is 26.9. The lowest BCUT2D eigenvalue weighted by Crippen LogP contribution is -2.24. The predicted molar refractivity (Wildman–Crippen MR) is 440 cm³/mol. The zero-order valence-electron chi connectivity index (χ0n) is 64.3. The summed E-state index contributed by atoms with van der Waals surface area (Å²) in [7, 11) is 3.25. The number of amides is 2. The first-order valence-corrected chi connectivity index (χ1v) is 45.3. The second-order valence-corrected chi connectivity index (χ2v) is 43.3. The Morgan fingerprint density at radius 2 is 0.860 bits per heavy atom. The average Bonchev–Trinajstić information content (AvgIpc) is 1.60. The Hall–Kier alpha value is -11.1. The van der Waals surface area contributed by atoms with Gasteiger partial charge in [0.15, 0.2) is 16.9 Å². The lowest BCUT2D eigenvalue weighted by atomic mass is 10.1. The van der Waals surface area contributed by atoms with Crippen molar-refractivity contribution in [2.24, 2.45) is 26.9 Å². The van der Waals surface area contributed by atoms with Crippen LogP contribution in [0.15, 0.2) is 106 Å². The predicted octanol–water partition coefficient (Wildman–Crippen LogP) is 10.6. The van der Waals surface area contributed by atoms with Crippen LogP contribution in [0.25, 0.3) is 96.5 Å². The summed E-state index contributed by atoms with van der Waals surface area (Å²) in [4.78, 5) is 105. The third-order valence-corrected chi connectivity index (χ3v) is 24.5. The van der Waals surface area contributed by atoms with Crippen molar-refractivity contribution in [2.75, 3.05) is 13.2 Å². The van der Waals surface area contributed by atoms with Crippen LogP contribution >= 0.6 is 34.0 Å². The van der Waals surface area contributed by atoms with Crippen molar-refractivity contribution in [3.05, 3.63) is 155 Å². The van der Waals surface area contributed by atoms with Crippen molar-refractivity contribution in [1.29, 1.82) is 0 Å². The molecule has 114 heavy (non-hydrogen) atoms. The van der Waals surface area contributed by atoms with Gasteiger partial charge in [-0.2, -0.15) is 43.8 Å². The van der Waals surface area contributed by atoms with Crippen molar-refractivity contribution >= 4 is 177 Å². The summed E-state index contributed by atoms with van der Waals surface area (Å²) < 4.78 is 63.4. The van der Waals surface area contributed by atoms with Gasteiger partial charge in [-0.15, -0.1) is 34.0 Å². The standard InChI is InChI=1S/C25H31N7O3SSi.C23H29N7O2SSi.C19H17N7O2S.C4H6O3.C2HF3O.CH4/c1-16(33)26-13-21-29-24-23(36-21)19-12-27-31(25(34)22(19)30(24)2)14-17-7-6-8-20-18(17)11-28-32(20)15-35-9-10-37(3,4)5;1-28-20-17(21-22(28)27-19(10-24)33-21)12-25-29(23(20)31)13-15-6-5-7-18-16(15)11-26-30(18)14-32-8-9-34(2,3)4;1-10(27)20-8-15-23-18-17(29-15)13-7-22-26(19(28)16(13)25(18)2)9-11-4-3-5-14-12(11)6-21-24-14;1-3(5)7-4(2)6;3-2(4,5)1-6;/h6-8,11-12H,9-10,13-15H2,1-5H3,(H,26,33);5-7,11-12H,8-10,13-14,24H2,1-4H3;3-7H,8-9H2,1-2H3,(H,20,27)(H,21,24);1-2H3;1H;1H4. The molecule has 3 aromatic carbocycles. The number of nitrogens with one attached hydrogen (secondary N) is 3. The number of nitrogens with zero attached hydrogens (tertiary/aromatic N) is 17. The minimum atomic E-state index is -4.64. The fourth-order valence-electron chi connectivity index (χ4n) is 12.2. The summed E-state index contributed by atoms with van der Waals surface area (Å²) in [5.41, 5.74) is 15.0. The zero-order valence-corrected chi connectivity index (χ0v) is 68.7. The molecule has 0 fully saturated rings. The molecule has 40 heteroatoms. The summed E-state index contributed by atoms with van der Waals surface area (Å²) in [6.45, 7) is 23.8. The van der Waals surface area contributed by atoms with Gasteiger partial charge in [0.25, 0.3) is 16.7 Å². The summed E-state index contributed by atoms with van der Waals surface area (Å²) in [5, 5.41) is 42.7. The number of rotatable bonds is 21. The highest BCUT2D eigenvalue weighted by molar-refractivity contribution is 7.20. The molecule has 602 valence electrons. The maximum atomic E-state index is 13.5. The van der Waals surface area contributed by atoms with Gasteiger partial charge in [-0.3, -0.25) is 43.5 Å². The Bertz CT molecular complexity index is 6250. The van der Waals surface area contributed by atoms with Gasteiger partial charge in [-0.1, -0.05) is 83.1 Å². The van der Waals surface area contributed by atoms with E-state index in [0.29, 0.717) is 69.3 Å². The first kappa shape index (κ1) is 85.3. The van der Waals surface area contributed by atoms with Crippen LogP contribution in [0.5, 0.6) is 0 Å². The largest absolute Gasteiger partial charge is 0.446 e. The van der Waals surface area contributed by atoms with Gasteiger partial charge in [-0.05, 0) is 47.0 Å². The maximum Gasteiger partial charge on any atom is 0.446 e. The zero-order chi connectivity index (χ0) is 81.5. The number of hydrogen-bond acceptors (Lipinski definition) is 24. The smallest absolute Gasteiger partial charge is 0.394 e. The molecule has 15 aromatic rings. The number of aromatic nitrogens is 18. The van der Waals surface area contributed by atoms with Crippen LogP contribution < -0.4 is 33.0 Å². The average molecular weight is 1660 g/mol. The normalized spacial score (nSPS) is 11.7. The molecule has 0 aliphatic carbocycles. The molecule has 32 nitrogen and oxygen atoms in total. The van der Waals surface area contributed by atoms with Crippen molar-refractivity contribution in [2.45, 2.75) is 145 Å². The molecule has 0 bridgehead atoms. The van der Waals surface area contributed by atoms with Crippen molar-refractivity contribution in [3.63, 3.8) is 0 Å². The highest BCUT2D eigenvalue weighted by Gasteiger charge is 2.26. The number of alkyl halides is 3. The number of aldehydes is 1. The fourth-order valence-corrected chi connectivity index (χ4v) is 16.8. The van der Waals surface area contributed by atoms with Crippen LogP contribution in [0.4, 0.5) is 13.2 Å². The molecule has 0 spiro atoms. The number of benzene rings is 3. The van der Waals surface area contributed by atoms with Crippen molar-refractivity contribution < 1.29 is 51.4 Å². The number of halogens is 3. The van der Waals surface area contributed by atoms with Crippen molar-refractivity contribution in [3.8, 4) is 0 Å². The van der Waals surface area contributed by atoms with E-state index >= 15 is 0 Å². The number of thiazole rings is 3. The van der Waals surface area contributed by atoms with E-state index in [1.54, 1.807) is 29.4 Å². The molecular weight excluding hydrogens is 1570 g/mol. The number of esters is 2. The number of aromatic amines is 1. The van der Waals surface area contributed by atoms with Crippen LogP contribution in [0.2, 0.25) is 51.4 Å². The topological polar surface area (TPSA) is 386 Å². The monoisotopic (exact) mass is 1660 g/mol. The molecule has 0 aliphatic heterocycles. The van der Waals surface area contributed by atoms with Crippen LogP contribution in [0, 0.1) is 0 Å². The molecule has 0 aliphatic rings. The van der Waals surface area contributed by atoms with E-state index in [1.165, 1.54) is 75.8 Å². The van der Waals surface area contributed by atoms with E-state index in [-0.39, 0.29) is 35.9 Å². The van der Waals surface area contributed by atoms with E-state index in [4.69, 9.17) is 20.0 Å². The van der Waals surface area contributed by atoms with Gasteiger partial charge in [-0.25, -0.2) is 38.4 Å². The van der Waals surface area contributed by atoms with E-state index in [2.05, 4.69) is 105 Å². The lowest BCUT2D eigenvalue weighted by molar-refractivity contribution is -0.156. The lowest BCUT2D eigenvalue weighted by Gasteiger charge is -2.15. The maximum absolute atomic E-state index is 13.5. The molecule has 0 unspecified atom stereocenters. The number of H-pyrrole nitrogens is 1. The third kappa shape index (κ3) is 19.9. The van der Waals surface area contributed by atoms with Crippen LogP contribution in [-0.4, -0.2) is 153 Å². The molecule has 15 rings (SSSR count). The summed E-state index contributed by atoms with van der Waals surface area (Å²) in [5.74, 6) is -1.34. The van der Waals surface area contributed by atoms with E-state index in [0.717, 1.165) is 137 Å². The van der Waals surface area contributed by atoms with E-state index in [9.17, 15) is 46.7 Å². The molecule has 0 atom stereocenters.